The highest BCUT2D eigenvalue weighted by Crippen LogP contribution is 2.41. The van der Waals surface area contributed by atoms with Gasteiger partial charge in [0.2, 0.25) is 0 Å². The van der Waals surface area contributed by atoms with Crippen LogP contribution in [-0.4, -0.2) is 12.1 Å². The molecular formula is C19H32O2. The smallest absolute Gasteiger partial charge is 0.309 e. The Kier molecular flexibility index (Phi) is 6.79. The molecule has 2 fully saturated rings. The maximum atomic E-state index is 11.5. The van der Waals surface area contributed by atoms with Crippen LogP contribution in [0, 0.1) is 17.8 Å². The Hall–Kier alpha value is -0.790. The lowest BCUT2D eigenvalue weighted by Crippen LogP contribution is -2.29. The molecule has 2 rings (SSSR count). The second kappa shape index (κ2) is 8.60. The zero-order chi connectivity index (χ0) is 15.1. The Bertz CT molecular complexity index is 320. The van der Waals surface area contributed by atoms with Crippen LogP contribution in [0.3, 0.4) is 0 Å². The lowest BCUT2D eigenvalue weighted by molar-refractivity contribution is -0.150. The molecule has 0 heterocycles. The minimum atomic E-state index is -0.103. The van der Waals surface area contributed by atoms with Crippen LogP contribution in [0.4, 0.5) is 0 Å². The normalized spacial score (nSPS) is 33.4. The number of hydrogen-bond acceptors (Lipinski definition) is 2. The summed E-state index contributed by atoms with van der Waals surface area (Å²) in [5.41, 5.74) is 0. The van der Waals surface area contributed by atoms with Crippen LogP contribution in [0.15, 0.2) is 12.7 Å². The Labute approximate surface area is 130 Å². The van der Waals surface area contributed by atoms with Crippen molar-refractivity contribution in [1.82, 2.24) is 0 Å². The Balaban J connectivity index is 1.67. The Morgan fingerprint density at radius 2 is 1.62 bits per heavy atom. The molecule has 2 heteroatoms. The van der Waals surface area contributed by atoms with Crippen LogP contribution < -0.4 is 0 Å². The lowest BCUT2D eigenvalue weighted by Gasteiger charge is -2.37. The molecule has 0 amide bonds. The van der Waals surface area contributed by atoms with E-state index in [1.807, 2.05) is 0 Å². The van der Waals surface area contributed by atoms with E-state index in [4.69, 9.17) is 4.74 Å². The highest BCUT2D eigenvalue weighted by Gasteiger charge is 2.31. The molecule has 2 nitrogen and oxygen atoms in total. The molecule has 0 radical (unpaired) electrons. The summed E-state index contributed by atoms with van der Waals surface area (Å²) in [6, 6.07) is 0. The van der Waals surface area contributed by atoms with Gasteiger partial charge in [0, 0.05) is 0 Å². The minimum Gasteiger partial charge on any atom is -0.462 e. The van der Waals surface area contributed by atoms with Gasteiger partial charge in [-0.15, -0.1) is 6.58 Å². The van der Waals surface area contributed by atoms with E-state index in [0.29, 0.717) is 6.42 Å². The van der Waals surface area contributed by atoms with E-state index in [-0.39, 0.29) is 12.1 Å². The fraction of sp³-hybridized carbons (Fsp3) is 0.842. The molecule has 0 aromatic rings. The third kappa shape index (κ3) is 5.16. The van der Waals surface area contributed by atoms with Gasteiger partial charge in [-0.3, -0.25) is 4.79 Å². The molecule has 0 unspecified atom stereocenters. The van der Waals surface area contributed by atoms with E-state index in [1.165, 1.54) is 51.4 Å². The molecule has 0 spiro atoms. The monoisotopic (exact) mass is 292 g/mol. The Morgan fingerprint density at radius 3 is 2.14 bits per heavy atom. The first-order valence-electron chi connectivity index (χ1n) is 9.03. The van der Waals surface area contributed by atoms with Crippen LogP contribution >= 0.6 is 0 Å². The van der Waals surface area contributed by atoms with Gasteiger partial charge in [0.05, 0.1) is 6.42 Å². The van der Waals surface area contributed by atoms with E-state index in [0.717, 1.165) is 30.6 Å². The van der Waals surface area contributed by atoms with Crippen molar-refractivity contribution >= 4 is 5.97 Å². The van der Waals surface area contributed by atoms with Crippen LogP contribution in [0.25, 0.3) is 0 Å². The molecule has 120 valence electrons. The average Bonchev–Trinajstić information content (AvgIpc) is 2.49. The lowest BCUT2D eigenvalue weighted by atomic mass is 9.70. The van der Waals surface area contributed by atoms with E-state index in [1.54, 1.807) is 6.08 Å². The topological polar surface area (TPSA) is 26.3 Å². The van der Waals surface area contributed by atoms with E-state index in [2.05, 4.69) is 13.5 Å². The highest BCUT2D eigenvalue weighted by molar-refractivity contribution is 5.71. The number of carbonyl (C=O) groups is 1. The molecule has 2 aliphatic carbocycles. The minimum absolute atomic E-state index is 0.103. The summed E-state index contributed by atoms with van der Waals surface area (Å²) in [6.45, 7) is 5.89. The van der Waals surface area contributed by atoms with Gasteiger partial charge in [-0.05, 0) is 56.3 Å². The zero-order valence-corrected chi connectivity index (χ0v) is 13.7. The number of esters is 1. The van der Waals surface area contributed by atoms with Crippen molar-refractivity contribution in [3.8, 4) is 0 Å². The van der Waals surface area contributed by atoms with Crippen LogP contribution in [0.5, 0.6) is 0 Å². The summed E-state index contributed by atoms with van der Waals surface area (Å²) in [6.07, 6.45) is 15.4. The third-order valence-corrected chi connectivity index (χ3v) is 5.58. The van der Waals surface area contributed by atoms with Crippen molar-refractivity contribution in [2.24, 2.45) is 17.8 Å². The van der Waals surface area contributed by atoms with Crippen molar-refractivity contribution in [3.63, 3.8) is 0 Å². The molecule has 21 heavy (non-hydrogen) atoms. The Morgan fingerprint density at radius 1 is 1.05 bits per heavy atom. The predicted octanol–water partition coefficient (Wildman–Crippen LogP) is 5.27. The van der Waals surface area contributed by atoms with Gasteiger partial charge in [-0.1, -0.05) is 38.7 Å². The number of ether oxygens (including phenoxy) is 1. The molecule has 2 saturated carbocycles. The van der Waals surface area contributed by atoms with Crippen molar-refractivity contribution in [2.75, 3.05) is 0 Å². The largest absolute Gasteiger partial charge is 0.462 e. The van der Waals surface area contributed by atoms with Crippen molar-refractivity contribution < 1.29 is 9.53 Å². The zero-order valence-electron chi connectivity index (χ0n) is 13.7. The molecule has 0 aromatic carbocycles. The van der Waals surface area contributed by atoms with E-state index < -0.39 is 0 Å². The standard InChI is InChI=1S/C19H32O2/c1-3-5-15-7-9-16(10-8-15)17-11-13-18(14-12-17)21-19(20)6-4-2/h4,15-18H,2-3,5-14H2,1H3. The molecule has 0 atom stereocenters. The summed E-state index contributed by atoms with van der Waals surface area (Å²) < 4.78 is 5.51. The first-order chi connectivity index (χ1) is 10.2. The maximum Gasteiger partial charge on any atom is 0.309 e. The molecule has 0 N–H and O–H groups in total. The van der Waals surface area contributed by atoms with Gasteiger partial charge in [-0.25, -0.2) is 0 Å². The fourth-order valence-corrected chi connectivity index (χ4v) is 4.39. The van der Waals surface area contributed by atoms with Crippen LogP contribution in [0.2, 0.25) is 0 Å². The predicted molar refractivity (Wildman–Crippen MR) is 87.0 cm³/mol. The van der Waals surface area contributed by atoms with Crippen molar-refractivity contribution in [1.29, 1.82) is 0 Å². The van der Waals surface area contributed by atoms with Crippen molar-refractivity contribution in [3.05, 3.63) is 12.7 Å². The number of hydrogen-bond donors (Lipinski definition) is 0. The molecule has 0 saturated heterocycles. The van der Waals surface area contributed by atoms with Gasteiger partial charge in [0.15, 0.2) is 0 Å². The maximum absolute atomic E-state index is 11.5. The van der Waals surface area contributed by atoms with Crippen LogP contribution in [-0.2, 0) is 9.53 Å². The summed E-state index contributed by atoms with van der Waals surface area (Å²) >= 11 is 0. The summed E-state index contributed by atoms with van der Waals surface area (Å²) in [7, 11) is 0. The first-order valence-corrected chi connectivity index (χ1v) is 9.03. The number of carbonyl (C=O) groups excluding carboxylic acids is 1. The average molecular weight is 292 g/mol. The summed E-state index contributed by atoms with van der Waals surface area (Å²) in [5.74, 6) is 2.74. The third-order valence-electron chi connectivity index (χ3n) is 5.58. The summed E-state index contributed by atoms with van der Waals surface area (Å²) in [5, 5.41) is 0. The van der Waals surface area contributed by atoms with E-state index >= 15 is 0 Å². The fourth-order valence-electron chi connectivity index (χ4n) is 4.39. The SMILES string of the molecule is C=CCC(=O)OC1CCC(C2CCC(CCC)CC2)CC1. The molecule has 0 aliphatic heterocycles. The van der Waals surface area contributed by atoms with Gasteiger partial charge >= 0.3 is 5.97 Å². The first kappa shape index (κ1) is 16.6. The second-order valence-electron chi connectivity index (χ2n) is 7.09. The van der Waals surface area contributed by atoms with Gasteiger partial charge in [0.1, 0.15) is 6.10 Å². The molecular weight excluding hydrogens is 260 g/mol. The number of rotatable bonds is 6. The summed E-state index contributed by atoms with van der Waals surface area (Å²) in [4.78, 5) is 11.5. The van der Waals surface area contributed by atoms with E-state index in [9.17, 15) is 4.79 Å². The molecule has 0 bridgehead atoms. The van der Waals surface area contributed by atoms with Gasteiger partial charge < -0.3 is 4.74 Å². The highest BCUT2D eigenvalue weighted by atomic mass is 16.5. The second-order valence-corrected chi connectivity index (χ2v) is 7.09. The molecule has 0 aromatic heterocycles. The molecule has 2 aliphatic rings. The van der Waals surface area contributed by atoms with Crippen molar-refractivity contribution in [2.45, 2.75) is 83.7 Å². The van der Waals surface area contributed by atoms with Gasteiger partial charge in [0.25, 0.3) is 0 Å². The van der Waals surface area contributed by atoms with Crippen LogP contribution in [0.1, 0.15) is 77.6 Å². The van der Waals surface area contributed by atoms with Gasteiger partial charge in [-0.2, -0.15) is 0 Å². The quantitative estimate of drug-likeness (QED) is 0.492.